The average molecular weight is 264 g/mol. The van der Waals surface area contributed by atoms with E-state index in [1.165, 1.54) is 12.8 Å². The number of hydrogen-bond acceptors (Lipinski definition) is 3. The Bertz CT molecular complexity index is 496. The number of aliphatic imine (C=N–C) groups is 1. The fraction of sp³-hybridized carbons (Fsp3) is 0.500. The number of para-hydroxylation sites is 1. The van der Waals surface area contributed by atoms with Crippen molar-refractivity contribution in [2.75, 3.05) is 11.4 Å². The first-order valence-corrected chi connectivity index (χ1v) is 6.83. The van der Waals surface area contributed by atoms with Gasteiger partial charge in [-0.25, -0.2) is 0 Å². The summed E-state index contributed by atoms with van der Waals surface area (Å²) in [5, 5.41) is 0.736. The molecule has 0 spiro atoms. The van der Waals surface area contributed by atoms with Crippen molar-refractivity contribution in [2.24, 2.45) is 16.6 Å². The lowest BCUT2D eigenvalue weighted by Crippen LogP contribution is -2.50. The lowest BCUT2D eigenvalue weighted by Gasteiger charge is -2.36. The van der Waals surface area contributed by atoms with Crippen LogP contribution in [-0.2, 0) is 0 Å². The number of nitrogens with zero attached hydrogens (tertiary/aromatic N) is 2. The minimum absolute atomic E-state index is 0.0176. The van der Waals surface area contributed by atoms with Crippen LogP contribution in [0.25, 0.3) is 0 Å². The van der Waals surface area contributed by atoms with Gasteiger partial charge < -0.3 is 10.6 Å². The van der Waals surface area contributed by atoms with E-state index in [9.17, 15) is 0 Å². The molecule has 1 aliphatic carbocycles. The third kappa shape index (κ3) is 1.97. The van der Waals surface area contributed by atoms with Gasteiger partial charge in [0.25, 0.3) is 0 Å². The Kier molecular flexibility index (Phi) is 2.74. The molecular formula is C14H18ClN3. The molecule has 1 saturated carbocycles. The molecule has 96 valence electrons. The number of nitrogens with two attached hydrogens (primary N) is 1. The number of guanidine groups is 1. The van der Waals surface area contributed by atoms with Crippen molar-refractivity contribution < 1.29 is 0 Å². The molecule has 0 saturated heterocycles. The van der Waals surface area contributed by atoms with Crippen LogP contribution in [0.1, 0.15) is 26.2 Å². The van der Waals surface area contributed by atoms with E-state index >= 15 is 0 Å². The molecule has 2 aliphatic rings. The lowest BCUT2D eigenvalue weighted by molar-refractivity contribution is 0.435. The molecule has 1 atom stereocenters. The van der Waals surface area contributed by atoms with Crippen LogP contribution in [0.15, 0.2) is 29.3 Å². The Morgan fingerprint density at radius 3 is 2.83 bits per heavy atom. The van der Waals surface area contributed by atoms with Gasteiger partial charge in [0, 0.05) is 0 Å². The number of rotatable bonds is 3. The fourth-order valence-corrected chi connectivity index (χ4v) is 3.04. The molecule has 2 N–H and O–H groups in total. The summed E-state index contributed by atoms with van der Waals surface area (Å²) in [5.74, 6) is 1.42. The summed E-state index contributed by atoms with van der Waals surface area (Å²) >= 11 is 6.30. The molecule has 3 nitrogen and oxygen atoms in total. The van der Waals surface area contributed by atoms with Crippen LogP contribution in [0.3, 0.4) is 0 Å². The maximum absolute atomic E-state index is 6.30. The minimum atomic E-state index is -0.0176. The van der Waals surface area contributed by atoms with E-state index in [-0.39, 0.29) is 5.54 Å². The van der Waals surface area contributed by atoms with Gasteiger partial charge in [-0.1, -0.05) is 36.6 Å². The molecule has 0 bridgehead atoms. The second-order valence-corrected chi connectivity index (χ2v) is 6.01. The number of benzene rings is 1. The third-order valence-electron chi connectivity index (χ3n) is 3.87. The van der Waals surface area contributed by atoms with Crippen LogP contribution in [0.2, 0.25) is 5.02 Å². The maximum atomic E-state index is 6.30. The average Bonchev–Trinajstić information content (AvgIpc) is 3.08. The molecule has 1 aromatic rings. The highest BCUT2D eigenvalue weighted by Gasteiger charge is 2.43. The Hall–Kier alpha value is -1.22. The van der Waals surface area contributed by atoms with Crippen LogP contribution < -0.4 is 10.6 Å². The first-order chi connectivity index (χ1) is 8.60. The van der Waals surface area contributed by atoms with E-state index < -0.39 is 0 Å². The van der Waals surface area contributed by atoms with E-state index in [4.69, 9.17) is 17.3 Å². The van der Waals surface area contributed by atoms with Crippen molar-refractivity contribution in [1.82, 2.24) is 0 Å². The Balaban J connectivity index is 1.96. The molecule has 0 amide bonds. The summed E-state index contributed by atoms with van der Waals surface area (Å²) in [4.78, 5) is 6.55. The maximum Gasteiger partial charge on any atom is 0.196 e. The van der Waals surface area contributed by atoms with Crippen molar-refractivity contribution in [3.8, 4) is 0 Å². The summed E-state index contributed by atoms with van der Waals surface area (Å²) < 4.78 is 0. The van der Waals surface area contributed by atoms with Crippen LogP contribution in [0, 0.1) is 5.92 Å². The minimum Gasteiger partial charge on any atom is -0.369 e. The molecule has 3 rings (SSSR count). The first kappa shape index (κ1) is 11.8. The molecule has 1 aromatic carbocycles. The van der Waals surface area contributed by atoms with E-state index in [2.05, 4.69) is 16.8 Å². The highest BCUT2D eigenvalue weighted by atomic mass is 35.5. The molecule has 1 heterocycles. The first-order valence-electron chi connectivity index (χ1n) is 6.45. The molecular weight excluding hydrogens is 246 g/mol. The highest BCUT2D eigenvalue weighted by molar-refractivity contribution is 6.34. The molecule has 0 aromatic heterocycles. The largest absolute Gasteiger partial charge is 0.369 e. The summed E-state index contributed by atoms with van der Waals surface area (Å²) in [6.07, 6.45) is 3.82. The van der Waals surface area contributed by atoms with Gasteiger partial charge in [-0.3, -0.25) is 4.99 Å². The van der Waals surface area contributed by atoms with Gasteiger partial charge in [0.15, 0.2) is 5.96 Å². The van der Waals surface area contributed by atoms with Gasteiger partial charge in [-0.05, 0) is 31.4 Å². The predicted molar refractivity (Wildman–Crippen MR) is 76.2 cm³/mol. The van der Waals surface area contributed by atoms with Crippen molar-refractivity contribution in [1.29, 1.82) is 0 Å². The third-order valence-corrected chi connectivity index (χ3v) is 4.19. The van der Waals surface area contributed by atoms with Crippen molar-refractivity contribution in [2.45, 2.75) is 31.7 Å². The number of anilines is 1. The van der Waals surface area contributed by atoms with Crippen molar-refractivity contribution in [3.05, 3.63) is 29.3 Å². The van der Waals surface area contributed by atoms with E-state index in [0.717, 1.165) is 29.6 Å². The van der Waals surface area contributed by atoms with Crippen LogP contribution in [0.5, 0.6) is 0 Å². The van der Waals surface area contributed by atoms with Gasteiger partial charge >= 0.3 is 0 Å². The summed E-state index contributed by atoms with van der Waals surface area (Å²) in [5.41, 5.74) is 7.02. The molecule has 1 unspecified atom stereocenters. The summed E-state index contributed by atoms with van der Waals surface area (Å²) in [7, 11) is 0. The van der Waals surface area contributed by atoms with Gasteiger partial charge in [-0.15, -0.1) is 0 Å². The van der Waals surface area contributed by atoms with Crippen LogP contribution >= 0.6 is 11.6 Å². The van der Waals surface area contributed by atoms with Crippen LogP contribution in [-0.4, -0.2) is 18.0 Å². The molecule has 1 fully saturated rings. The Morgan fingerprint density at radius 1 is 1.44 bits per heavy atom. The van der Waals surface area contributed by atoms with Gasteiger partial charge in [0.1, 0.15) is 0 Å². The highest BCUT2D eigenvalue weighted by Crippen LogP contribution is 2.43. The normalized spacial score (nSPS) is 27.4. The van der Waals surface area contributed by atoms with Crippen molar-refractivity contribution >= 4 is 23.2 Å². The number of halogens is 1. The SMILES string of the molecule is CC1(CC2CC2)CN=C(N)N1c1ccccc1Cl. The zero-order chi connectivity index (χ0) is 12.8. The second kappa shape index (κ2) is 4.16. The molecule has 1 aliphatic heterocycles. The predicted octanol–water partition coefficient (Wildman–Crippen LogP) is 3.03. The van der Waals surface area contributed by atoms with E-state index in [0.29, 0.717) is 5.96 Å². The molecule has 4 heteroatoms. The summed E-state index contributed by atoms with van der Waals surface area (Å²) in [6, 6.07) is 7.85. The van der Waals surface area contributed by atoms with Gasteiger partial charge in [0.05, 0.1) is 22.8 Å². The lowest BCUT2D eigenvalue weighted by atomic mass is 9.93. The van der Waals surface area contributed by atoms with Gasteiger partial charge in [-0.2, -0.15) is 0 Å². The van der Waals surface area contributed by atoms with Crippen LogP contribution in [0.4, 0.5) is 5.69 Å². The number of hydrogen-bond donors (Lipinski definition) is 1. The zero-order valence-corrected chi connectivity index (χ0v) is 11.3. The van der Waals surface area contributed by atoms with Gasteiger partial charge in [0.2, 0.25) is 0 Å². The fourth-order valence-electron chi connectivity index (χ4n) is 2.82. The quantitative estimate of drug-likeness (QED) is 0.911. The Morgan fingerprint density at radius 2 is 2.17 bits per heavy atom. The van der Waals surface area contributed by atoms with E-state index in [1.54, 1.807) is 0 Å². The standard InChI is InChI=1S/C14H18ClN3/c1-14(8-10-6-7-10)9-17-13(16)18(14)12-5-3-2-4-11(12)15/h2-5,10H,6-9H2,1H3,(H2,16,17). The molecule has 18 heavy (non-hydrogen) atoms. The second-order valence-electron chi connectivity index (χ2n) is 5.61. The summed E-state index contributed by atoms with van der Waals surface area (Å²) in [6.45, 7) is 3.00. The van der Waals surface area contributed by atoms with Crippen molar-refractivity contribution in [3.63, 3.8) is 0 Å². The zero-order valence-electron chi connectivity index (χ0n) is 10.6. The Labute approximate surface area is 113 Å². The monoisotopic (exact) mass is 263 g/mol. The smallest absolute Gasteiger partial charge is 0.196 e. The van der Waals surface area contributed by atoms with E-state index in [1.807, 2.05) is 24.3 Å². The topological polar surface area (TPSA) is 41.6 Å². The molecule has 0 radical (unpaired) electrons.